The summed E-state index contributed by atoms with van der Waals surface area (Å²) < 4.78 is 5.53. The van der Waals surface area contributed by atoms with Gasteiger partial charge in [0, 0.05) is 29.9 Å². The average Bonchev–Trinajstić information content (AvgIpc) is 3.27. The lowest BCUT2D eigenvalue weighted by atomic mass is 9.86. The van der Waals surface area contributed by atoms with Crippen LogP contribution in [0, 0.1) is 5.92 Å². The van der Waals surface area contributed by atoms with Crippen molar-refractivity contribution < 1.29 is 19.1 Å². The summed E-state index contributed by atoms with van der Waals surface area (Å²) >= 11 is 0. The van der Waals surface area contributed by atoms with Gasteiger partial charge in [-0.25, -0.2) is 0 Å². The Hall–Kier alpha value is -2.76. The van der Waals surface area contributed by atoms with Gasteiger partial charge in [-0.05, 0) is 56.7 Å². The van der Waals surface area contributed by atoms with Gasteiger partial charge in [-0.15, -0.1) is 0 Å². The number of para-hydroxylation sites is 1. The van der Waals surface area contributed by atoms with E-state index in [-0.39, 0.29) is 17.9 Å². The predicted octanol–water partition coefficient (Wildman–Crippen LogP) is 3.60. The van der Waals surface area contributed by atoms with Gasteiger partial charge in [0.1, 0.15) is 0 Å². The van der Waals surface area contributed by atoms with Crippen molar-refractivity contribution in [2.45, 2.75) is 57.7 Å². The summed E-state index contributed by atoms with van der Waals surface area (Å²) in [5.41, 5.74) is 3.43. The van der Waals surface area contributed by atoms with E-state index in [9.17, 15) is 9.59 Å². The fourth-order valence-corrected chi connectivity index (χ4v) is 4.45. The van der Waals surface area contributed by atoms with Crippen LogP contribution < -0.4 is 10.2 Å². The van der Waals surface area contributed by atoms with Crippen molar-refractivity contribution in [3.63, 3.8) is 0 Å². The summed E-state index contributed by atoms with van der Waals surface area (Å²) in [5, 5.41) is 12.1. The highest BCUT2D eigenvalue weighted by Gasteiger charge is 2.30. The number of hydrogen-bond donors (Lipinski definition) is 2. The van der Waals surface area contributed by atoms with Crippen LogP contribution >= 0.6 is 0 Å². The number of nitrogens with one attached hydrogen (secondary N) is 1. The molecule has 0 saturated heterocycles. The number of furan rings is 1. The normalized spacial score (nSPS) is 24.0. The third kappa shape index (κ3) is 3.63. The van der Waals surface area contributed by atoms with Gasteiger partial charge >= 0.3 is 5.97 Å². The Balaban J connectivity index is 1.42. The Bertz CT molecular complexity index is 867. The second kappa shape index (κ2) is 7.70. The van der Waals surface area contributed by atoms with Gasteiger partial charge in [-0.1, -0.05) is 18.2 Å². The number of carboxylic acid groups (broad SMARTS) is 1. The highest BCUT2D eigenvalue weighted by atomic mass is 16.4. The summed E-state index contributed by atoms with van der Waals surface area (Å²) in [6.07, 6.45) is 5.16. The third-order valence-corrected chi connectivity index (χ3v) is 6.05. The zero-order chi connectivity index (χ0) is 19.7. The van der Waals surface area contributed by atoms with Gasteiger partial charge in [-0.3, -0.25) is 9.59 Å². The van der Waals surface area contributed by atoms with Crippen LogP contribution in [-0.4, -0.2) is 29.1 Å². The predicted molar refractivity (Wildman–Crippen MR) is 105 cm³/mol. The van der Waals surface area contributed by atoms with Gasteiger partial charge < -0.3 is 19.7 Å². The van der Waals surface area contributed by atoms with Crippen molar-refractivity contribution in [3.8, 4) is 0 Å². The lowest BCUT2D eigenvalue weighted by Crippen LogP contribution is -2.39. The van der Waals surface area contributed by atoms with E-state index in [0.29, 0.717) is 44.0 Å². The number of carbonyl (C=O) groups is 2. The van der Waals surface area contributed by atoms with Crippen molar-refractivity contribution >= 4 is 17.6 Å². The van der Waals surface area contributed by atoms with Gasteiger partial charge in [-0.2, -0.15) is 0 Å². The molecule has 148 valence electrons. The van der Waals surface area contributed by atoms with Crippen LogP contribution in [0.1, 0.15) is 54.3 Å². The van der Waals surface area contributed by atoms with Crippen molar-refractivity contribution in [2.75, 3.05) is 4.90 Å². The first kappa shape index (κ1) is 18.6. The maximum absolute atomic E-state index is 12.8. The van der Waals surface area contributed by atoms with E-state index in [2.05, 4.69) is 35.3 Å². The second-order valence-corrected chi connectivity index (χ2v) is 7.94. The fourth-order valence-electron chi connectivity index (χ4n) is 4.45. The van der Waals surface area contributed by atoms with Crippen LogP contribution in [0.2, 0.25) is 0 Å². The zero-order valence-corrected chi connectivity index (χ0v) is 16.1. The van der Waals surface area contributed by atoms with Gasteiger partial charge in [0.2, 0.25) is 0 Å². The third-order valence-electron chi connectivity index (χ3n) is 6.05. The number of amides is 1. The van der Waals surface area contributed by atoms with Crippen molar-refractivity contribution in [2.24, 2.45) is 5.92 Å². The Morgan fingerprint density at radius 3 is 2.68 bits per heavy atom. The van der Waals surface area contributed by atoms with Gasteiger partial charge in [0.05, 0.1) is 12.2 Å². The molecule has 1 atom stereocenters. The Morgan fingerprint density at radius 1 is 1.18 bits per heavy atom. The molecular formula is C22H26N2O4. The molecule has 0 unspecified atom stereocenters. The molecule has 2 N–H and O–H groups in total. The number of carbonyl (C=O) groups excluding carboxylic acids is 1. The smallest absolute Gasteiger partial charge is 0.306 e. The molecule has 2 aliphatic rings. The monoisotopic (exact) mass is 382 g/mol. The number of aliphatic carboxylic acids is 1. The zero-order valence-electron chi connectivity index (χ0n) is 16.1. The largest absolute Gasteiger partial charge is 0.481 e. The molecule has 2 heterocycles. The molecule has 0 radical (unpaired) electrons. The summed E-state index contributed by atoms with van der Waals surface area (Å²) in [6, 6.07) is 10.6. The van der Waals surface area contributed by atoms with E-state index in [0.717, 1.165) is 12.0 Å². The minimum Gasteiger partial charge on any atom is -0.481 e. The molecule has 4 rings (SSSR count). The first-order chi connectivity index (χ1) is 13.5. The Kier molecular flexibility index (Phi) is 5.11. The molecule has 1 fully saturated rings. The lowest BCUT2D eigenvalue weighted by molar-refractivity contribution is -0.142. The molecule has 0 bridgehead atoms. The van der Waals surface area contributed by atoms with Crippen LogP contribution in [-0.2, 0) is 17.8 Å². The first-order valence-corrected chi connectivity index (χ1v) is 9.97. The summed E-state index contributed by atoms with van der Waals surface area (Å²) in [5.74, 6) is -0.877. The van der Waals surface area contributed by atoms with E-state index < -0.39 is 5.97 Å². The summed E-state index contributed by atoms with van der Waals surface area (Å²) in [7, 11) is 0. The molecule has 2 aromatic rings. The van der Waals surface area contributed by atoms with E-state index in [1.807, 2.05) is 12.1 Å². The molecule has 0 spiro atoms. The van der Waals surface area contributed by atoms with Crippen LogP contribution in [0.3, 0.4) is 0 Å². The number of rotatable bonds is 5. The van der Waals surface area contributed by atoms with Gasteiger partial charge in [0.25, 0.3) is 5.91 Å². The summed E-state index contributed by atoms with van der Waals surface area (Å²) in [6.45, 7) is 2.82. The van der Waals surface area contributed by atoms with Crippen LogP contribution in [0.15, 0.2) is 41.0 Å². The number of fused-ring (bicyclic) bond motifs is 1. The van der Waals surface area contributed by atoms with Crippen molar-refractivity contribution in [1.29, 1.82) is 0 Å². The molecule has 1 aliphatic carbocycles. The van der Waals surface area contributed by atoms with Crippen LogP contribution in [0.4, 0.5) is 5.69 Å². The minimum absolute atomic E-state index is 0.00693. The van der Waals surface area contributed by atoms with E-state index in [1.54, 1.807) is 6.26 Å². The SMILES string of the molecule is C[C@H]1Cc2ccccc2N1Cc1ccoc1C(=O)NC1CCC(C(=O)O)CC1. The first-order valence-electron chi connectivity index (χ1n) is 9.97. The standard InChI is InChI=1S/C22H26N2O4/c1-14-12-16-4-2-3-5-19(16)24(14)13-17-10-11-28-20(17)21(25)23-18-8-6-15(7-9-18)22(26)27/h2-5,10-11,14-15,18H,6-9,12-13H2,1H3,(H,23,25)(H,26,27)/t14-,15?,18?/m0/s1. The summed E-state index contributed by atoms with van der Waals surface area (Å²) in [4.78, 5) is 26.2. The number of anilines is 1. The van der Waals surface area contributed by atoms with Crippen LogP contribution in [0.5, 0.6) is 0 Å². The van der Waals surface area contributed by atoms with E-state index in [4.69, 9.17) is 9.52 Å². The van der Waals surface area contributed by atoms with Gasteiger partial charge in [0.15, 0.2) is 5.76 Å². The number of nitrogens with zero attached hydrogens (tertiary/aromatic N) is 1. The molecular weight excluding hydrogens is 356 g/mol. The Morgan fingerprint density at radius 2 is 1.93 bits per heavy atom. The van der Waals surface area contributed by atoms with Crippen molar-refractivity contribution in [3.05, 3.63) is 53.5 Å². The molecule has 28 heavy (non-hydrogen) atoms. The maximum Gasteiger partial charge on any atom is 0.306 e. The van der Waals surface area contributed by atoms with E-state index in [1.165, 1.54) is 11.3 Å². The quantitative estimate of drug-likeness (QED) is 0.826. The second-order valence-electron chi connectivity index (χ2n) is 7.94. The fraction of sp³-hybridized carbons (Fsp3) is 0.455. The molecule has 6 nitrogen and oxygen atoms in total. The molecule has 1 aromatic heterocycles. The minimum atomic E-state index is -0.738. The Labute approximate surface area is 164 Å². The molecule has 1 saturated carbocycles. The average molecular weight is 382 g/mol. The molecule has 1 aliphatic heterocycles. The molecule has 1 aromatic carbocycles. The lowest BCUT2D eigenvalue weighted by Gasteiger charge is -2.27. The topological polar surface area (TPSA) is 82.8 Å². The van der Waals surface area contributed by atoms with Crippen LogP contribution in [0.25, 0.3) is 0 Å². The highest BCUT2D eigenvalue weighted by Crippen LogP contribution is 2.33. The number of benzene rings is 1. The maximum atomic E-state index is 12.8. The highest BCUT2D eigenvalue weighted by molar-refractivity contribution is 5.93. The molecule has 6 heteroatoms. The number of carboxylic acids is 1. The van der Waals surface area contributed by atoms with Crippen molar-refractivity contribution in [1.82, 2.24) is 5.32 Å². The molecule has 1 amide bonds. The number of hydrogen-bond acceptors (Lipinski definition) is 4. The van der Waals surface area contributed by atoms with E-state index >= 15 is 0 Å².